The number of aromatic nitrogens is 1. The van der Waals surface area contributed by atoms with Gasteiger partial charge in [-0.3, -0.25) is 14.6 Å². The van der Waals surface area contributed by atoms with Crippen LogP contribution >= 0.6 is 0 Å². The Hall–Kier alpha value is -4.33. The molecule has 0 atom stereocenters. The Morgan fingerprint density at radius 3 is 2.45 bits per heavy atom. The highest BCUT2D eigenvalue weighted by molar-refractivity contribution is 6.03. The predicted molar refractivity (Wildman–Crippen MR) is 134 cm³/mol. The summed E-state index contributed by atoms with van der Waals surface area (Å²) < 4.78 is 59.5. The quantitative estimate of drug-likeness (QED) is 0.256. The van der Waals surface area contributed by atoms with Gasteiger partial charge in [0.15, 0.2) is 5.78 Å². The Balaban J connectivity index is 1.42. The van der Waals surface area contributed by atoms with Crippen LogP contribution in [0.3, 0.4) is 0 Å². The molecule has 1 aliphatic carbocycles. The number of carbonyl (C=O) groups is 2. The number of halogens is 4. The molecule has 0 radical (unpaired) electrons. The zero-order chi connectivity index (χ0) is 27.0. The molecule has 4 aromatic rings. The maximum Gasteiger partial charge on any atom is 0.416 e. The molecule has 8 heteroatoms. The van der Waals surface area contributed by atoms with E-state index in [9.17, 15) is 27.2 Å². The third-order valence-electron chi connectivity index (χ3n) is 6.52. The molecule has 1 heterocycles. The minimum absolute atomic E-state index is 0.00808. The van der Waals surface area contributed by atoms with Gasteiger partial charge in [0.05, 0.1) is 11.3 Å². The Morgan fingerprint density at radius 1 is 0.947 bits per heavy atom. The summed E-state index contributed by atoms with van der Waals surface area (Å²) in [5, 5.41) is 1.43. The molecule has 0 fully saturated rings. The van der Waals surface area contributed by atoms with Gasteiger partial charge in [-0.2, -0.15) is 13.2 Å². The van der Waals surface area contributed by atoms with E-state index in [0.29, 0.717) is 51.4 Å². The van der Waals surface area contributed by atoms with Crippen LogP contribution in [0.4, 0.5) is 17.6 Å². The number of hydrogen-bond donors (Lipinski definition) is 0. The van der Waals surface area contributed by atoms with Crippen LogP contribution in [-0.4, -0.2) is 16.6 Å². The largest absolute Gasteiger partial charge is 0.456 e. The second-order valence-corrected chi connectivity index (χ2v) is 9.17. The number of carbonyl (C=O) groups excluding carboxylic acids is 2. The van der Waals surface area contributed by atoms with Gasteiger partial charge in [0.1, 0.15) is 23.1 Å². The van der Waals surface area contributed by atoms with Crippen molar-refractivity contribution in [1.29, 1.82) is 0 Å². The first kappa shape index (κ1) is 25.3. The molecule has 3 aromatic carbocycles. The van der Waals surface area contributed by atoms with E-state index >= 15 is 0 Å². The Kier molecular flexibility index (Phi) is 6.57. The van der Waals surface area contributed by atoms with Crippen LogP contribution in [0, 0.1) is 5.82 Å². The molecule has 1 aliphatic rings. The van der Waals surface area contributed by atoms with E-state index in [1.807, 2.05) is 18.2 Å². The maximum atomic E-state index is 14.2. The number of nitrogens with zero attached hydrogens (tertiary/aromatic N) is 1. The van der Waals surface area contributed by atoms with Crippen molar-refractivity contribution in [3.8, 4) is 11.5 Å². The highest BCUT2D eigenvalue weighted by atomic mass is 19.4. The first-order valence-electron chi connectivity index (χ1n) is 11.9. The second kappa shape index (κ2) is 9.85. The molecule has 4 nitrogen and oxygen atoms in total. The zero-order valence-electron chi connectivity index (χ0n) is 20.2. The normalized spacial score (nSPS) is 13.3. The molecule has 1 aromatic heterocycles. The van der Waals surface area contributed by atoms with Crippen LogP contribution in [0.2, 0.25) is 0 Å². The first-order chi connectivity index (χ1) is 18.1. The third kappa shape index (κ3) is 5.07. The van der Waals surface area contributed by atoms with Crippen LogP contribution in [0.5, 0.6) is 11.5 Å². The molecule has 5 rings (SSSR count). The molecule has 0 unspecified atom stereocenters. The van der Waals surface area contributed by atoms with E-state index in [0.717, 1.165) is 11.5 Å². The molecule has 0 aliphatic heterocycles. The number of allylic oxidation sites excluding steroid dienone is 1. The number of ether oxygens (including phenoxy) is 1. The van der Waals surface area contributed by atoms with Crippen molar-refractivity contribution in [2.75, 3.05) is 0 Å². The topological polar surface area (TPSA) is 56.3 Å². The molecule has 192 valence electrons. The van der Waals surface area contributed by atoms with E-state index in [2.05, 4.69) is 4.98 Å². The molecular weight excluding hydrogens is 498 g/mol. The average molecular weight is 519 g/mol. The van der Waals surface area contributed by atoms with E-state index in [-0.39, 0.29) is 24.2 Å². The summed E-state index contributed by atoms with van der Waals surface area (Å²) in [6.45, 7) is 1.75. The van der Waals surface area contributed by atoms with Gasteiger partial charge in [-0.05, 0) is 65.4 Å². The van der Waals surface area contributed by atoms with Gasteiger partial charge in [0.2, 0.25) is 0 Å². The summed E-state index contributed by atoms with van der Waals surface area (Å²) in [6, 6.07) is 14.4. The van der Waals surface area contributed by atoms with Gasteiger partial charge in [-0.25, -0.2) is 4.39 Å². The maximum absolute atomic E-state index is 14.2. The number of ketones is 2. The number of Topliss-reactive ketones (excluding diaryl/α,β-unsaturated/α-hetero) is 2. The Morgan fingerprint density at radius 2 is 1.68 bits per heavy atom. The summed E-state index contributed by atoms with van der Waals surface area (Å²) in [4.78, 5) is 29.4. The fraction of sp³-hybridized carbons (Fsp3) is 0.167. The molecular formula is C30H21F4NO3. The van der Waals surface area contributed by atoms with E-state index in [1.165, 1.54) is 0 Å². The minimum atomic E-state index is -4.63. The van der Waals surface area contributed by atoms with Gasteiger partial charge in [-0.1, -0.05) is 30.3 Å². The number of rotatable bonds is 6. The lowest BCUT2D eigenvalue weighted by molar-refractivity contribution is -0.137. The Bertz CT molecular complexity index is 1620. The van der Waals surface area contributed by atoms with Crippen molar-refractivity contribution in [1.82, 2.24) is 4.98 Å². The van der Waals surface area contributed by atoms with Crippen molar-refractivity contribution < 1.29 is 31.9 Å². The fourth-order valence-corrected chi connectivity index (χ4v) is 4.54. The predicted octanol–water partition coefficient (Wildman–Crippen LogP) is 7.07. The van der Waals surface area contributed by atoms with E-state index in [4.69, 9.17) is 4.74 Å². The molecule has 0 bridgehead atoms. The summed E-state index contributed by atoms with van der Waals surface area (Å²) in [5.74, 6) is -0.282. The SMILES string of the molecule is CC1=Cc2nccc(Oc3ccc(CC(=O)Cc4cc(C(F)(F)F)ccc4F)c4ccccc34)c2CC1=O. The van der Waals surface area contributed by atoms with Crippen molar-refractivity contribution in [3.05, 3.63) is 106 Å². The van der Waals surface area contributed by atoms with E-state index < -0.39 is 29.8 Å². The smallest absolute Gasteiger partial charge is 0.416 e. The zero-order valence-corrected chi connectivity index (χ0v) is 20.2. The number of alkyl halides is 3. The van der Waals surface area contributed by atoms with Gasteiger partial charge < -0.3 is 4.74 Å². The molecule has 0 N–H and O–H groups in total. The van der Waals surface area contributed by atoms with E-state index in [1.54, 1.807) is 43.5 Å². The van der Waals surface area contributed by atoms with Gasteiger partial charge in [0.25, 0.3) is 0 Å². The molecule has 0 saturated heterocycles. The highest BCUT2D eigenvalue weighted by Crippen LogP contribution is 2.36. The molecule has 38 heavy (non-hydrogen) atoms. The van der Waals surface area contributed by atoms with Gasteiger partial charge in [0, 0.05) is 36.4 Å². The second-order valence-electron chi connectivity index (χ2n) is 9.17. The summed E-state index contributed by atoms with van der Waals surface area (Å²) in [5.41, 5.74) is 1.33. The molecule has 0 amide bonds. The summed E-state index contributed by atoms with van der Waals surface area (Å²) >= 11 is 0. The average Bonchev–Trinajstić information content (AvgIpc) is 2.87. The van der Waals surface area contributed by atoms with Gasteiger partial charge >= 0.3 is 6.18 Å². The lowest BCUT2D eigenvalue weighted by Crippen LogP contribution is -2.12. The van der Waals surface area contributed by atoms with Crippen molar-refractivity contribution in [2.24, 2.45) is 0 Å². The first-order valence-corrected chi connectivity index (χ1v) is 11.9. The lowest BCUT2D eigenvalue weighted by atomic mass is 9.94. The van der Waals surface area contributed by atoms with Crippen LogP contribution in [0.25, 0.3) is 16.8 Å². The number of pyridine rings is 1. The number of hydrogen-bond acceptors (Lipinski definition) is 4. The monoisotopic (exact) mass is 519 g/mol. The van der Waals surface area contributed by atoms with Crippen LogP contribution in [0.1, 0.15) is 34.9 Å². The third-order valence-corrected chi connectivity index (χ3v) is 6.52. The van der Waals surface area contributed by atoms with Crippen molar-refractivity contribution in [2.45, 2.75) is 32.4 Å². The number of fused-ring (bicyclic) bond motifs is 2. The fourth-order valence-electron chi connectivity index (χ4n) is 4.54. The van der Waals surface area contributed by atoms with Crippen LogP contribution < -0.4 is 4.74 Å². The van der Waals surface area contributed by atoms with Crippen molar-refractivity contribution >= 4 is 28.4 Å². The standard InChI is InChI=1S/C30H21F4NO3/c1-17-12-26-24(16-27(17)37)29(10-11-35-26)38-28-9-6-18(22-4-2-3-5-23(22)28)14-21(36)15-19-13-20(30(32,33)34)7-8-25(19)31/h2-13H,14-16H2,1H3. The number of benzene rings is 3. The minimum Gasteiger partial charge on any atom is -0.456 e. The molecule has 0 saturated carbocycles. The summed E-state index contributed by atoms with van der Waals surface area (Å²) in [7, 11) is 0. The lowest BCUT2D eigenvalue weighted by Gasteiger charge is -2.18. The highest BCUT2D eigenvalue weighted by Gasteiger charge is 2.31. The van der Waals surface area contributed by atoms with Crippen LogP contribution in [0.15, 0.2) is 72.4 Å². The Labute approximate surface area is 215 Å². The van der Waals surface area contributed by atoms with Crippen molar-refractivity contribution in [3.63, 3.8) is 0 Å². The van der Waals surface area contributed by atoms with Gasteiger partial charge in [-0.15, -0.1) is 0 Å². The molecule has 0 spiro atoms. The summed E-state index contributed by atoms with van der Waals surface area (Å²) in [6.07, 6.45) is -1.68. The van der Waals surface area contributed by atoms with Crippen LogP contribution in [-0.2, 0) is 35.0 Å².